The molecule has 1 aliphatic heterocycles. The first-order valence-electron chi connectivity index (χ1n) is 9.89. The summed E-state index contributed by atoms with van der Waals surface area (Å²) < 4.78 is 8.32. The standard InChI is InChI=1S/C24H25N3O2/c1-12-9-17-19(20(25)23(26)24(2,3)29-17)21-18(12)22(28)15-10-13-7-5-6-8-14(13)11-16(15)27(21)4/h5-11,20,23H,25-26H2,1-4H3. The fourth-order valence-corrected chi connectivity index (χ4v) is 4.73. The molecule has 4 aromatic rings. The molecule has 5 nitrogen and oxygen atoms in total. The van der Waals surface area contributed by atoms with Gasteiger partial charge in [0.2, 0.25) is 0 Å². The van der Waals surface area contributed by atoms with Crippen LogP contribution in [0.25, 0.3) is 32.6 Å². The average Bonchev–Trinajstić information content (AvgIpc) is 2.68. The zero-order chi connectivity index (χ0) is 20.7. The van der Waals surface area contributed by atoms with Crippen molar-refractivity contribution in [1.82, 2.24) is 4.57 Å². The van der Waals surface area contributed by atoms with Gasteiger partial charge in [0.1, 0.15) is 11.4 Å². The van der Waals surface area contributed by atoms with Crippen molar-refractivity contribution in [2.45, 2.75) is 38.5 Å². The van der Waals surface area contributed by atoms with Crippen LogP contribution in [0.1, 0.15) is 31.0 Å². The van der Waals surface area contributed by atoms with Gasteiger partial charge < -0.3 is 20.8 Å². The van der Waals surface area contributed by atoms with Crippen molar-refractivity contribution in [2.24, 2.45) is 18.5 Å². The number of benzene rings is 3. The van der Waals surface area contributed by atoms with E-state index in [4.69, 9.17) is 16.2 Å². The summed E-state index contributed by atoms with van der Waals surface area (Å²) >= 11 is 0. The van der Waals surface area contributed by atoms with E-state index in [1.165, 1.54) is 0 Å². The summed E-state index contributed by atoms with van der Waals surface area (Å²) in [5.41, 5.74) is 15.9. The smallest absolute Gasteiger partial charge is 0.197 e. The van der Waals surface area contributed by atoms with Crippen LogP contribution in [-0.2, 0) is 7.05 Å². The lowest BCUT2D eigenvalue weighted by molar-refractivity contribution is 0.0513. The van der Waals surface area contributed by atoms with Crippen LogP contribution >= 0.6 is 0 Å². The Bertz CT molecular complexity index is 1380. The molecule has 0 spiro atoms. The van der Waals surface area contributed by atoms with Gasteiger partial charge in [-0.2, -0.15) is 0 Å². The van der Waals surface area contributed by atoms with Gasteiger partial charge in [-0.3, -0.25) is 4.79 Å². The third-order valence-corrected chi connectivity index (χ3v) is 6.43. The maximum absolute atomic E-state index is 13.6. The molecule has 2 heterocycles. The molecule has 2 atom stereocenters. The number of nitrogens with zero attached hydrogens (tertiary/aromatic N) is 1. The molecule has 29 heavy (non-hydrogen) atoms. The zero-order valence-electron chi connectivity index (χ0n) is 17.1. The fraction of sp³-hybridized carbons (Fsp3) is 0.292. The van der Waals surface area contributed by atoms with Gasteiger partial charge >= 0.3 is 0 Å². The van der Waals surface area contributed by atoms with Crippen molar-refractivity contribution >= 4 is 32.6 Å². The number of hydrogen-bond acceptors (Lipinski definition) is 4. The van der Waals surface area contributed by atoms with Crippen molar-refractivity contribution < 1.29 is 4.74 Å². The lowest BCUT2D eigenvalue weighted by atomic mass is 9.83. The molecule has 1 aliphatic rings. The molecule has 3 aromatic carbocycles. The van der Waals surface area contributed by atoms with Crippen LogP contribution in [0.15, 0.2) is 47.3 Å². The van der Waals surface area contributed by atoms with Gasteiger partial charge in [0.05, 0.1) is 23.1 Å². The van der Waals surface area contributed by atoms with Gasteiger partial charge in [-0.25, -0.2) is 0 Å². The van der Waals surface area contributed by atoms with Crippen molar-refractivity contribution in [2.75, 3.05) is 0 Å². The van der Waals surface area contributed by atoms with Gasteiger partial charge in [0.25, 0.3) is 0 Å². The minimum atomic E-state index is -0.585. The second-order valence-electron chi connectivity index (χ2n) is 8.69. The van der Waals surface area contributed by atoms with Crippen LogP contribution in [0.4, 0.5) is 0 Å². The second kappa shape index (κ2) is 5.81. The topological polar surface area (TPSA) is 83.3 Å². The van der Waals surface area contributed by atoms with Crippen LogP contribution in [0, 0.1) is 6.92 Å². The van der Waals surface area contributed by atoms with E-state index in [0.29, 0.717) is 16.5 Å². The lowest BCUT2D eigenvalue weighted by Crippen LogP contribution is -2.56. The lowest BCUT2D eigenvalue weighted by Gasteiger charge is -2.42. The van der Waals surface area contributed by atoms with Crippen LogP contribution < -0.4 is 21.6 Å². The summed E-state index contributed by atoms with van der Waals surface area (Å²) in [4.78, 5) is 13.6. The maximum atomic E-state index is 13.6. The molecule has 1 aromatic heterocycles. The molecule has 0 saturated heterocycles. The molecule has 5 rings (SSSR count). The molecular weight excluding hydrogens is 362 g/mol. The molecule has 0 saturated carbocycles. The number of pyridine rings is 1. The number of aromatic nitrogens is 1. The third kappa shape index (κ3) is 2.38. The zero-order valence-corrected chi connectivity index (χ0v) is 17.1. The van der Waals surface area contributed by atoms with Gasteiger partial charge in [0, 0.05) is 23.4 Å². The minimum Gasteiger partial charge on any atom is -0.486 e. The predicted molar refractivity (Wildman–Crippen MR) is 119 cm³/mol. The number of fused-ring (bicyclic) bond motifs is 5. The molecule has 2 unspecified atom stereocenters. The quantitative estimate of drug-likeness (QED) is 0.451. The van der Waals surface area contributed by atoms with Gasteiger partial charge in [-0.05, 0) is 55.3 Å². The Labute approximate surface area is 168 Å². The second-order valence-corrected chi connectivity index (χ2v) is 8.69. The maximum Gasteiger partial charge on any atom is 0.197 e. The number of ether oxygens (including phenoxy) is 1. The monoisotopic (exact) mass is 387 g/mol. The SMILES string of the molecule is Cc1cc2c(c3c1c(=O)c1cc4ccccc4cc1n3C)C(N)C(N)C(C)(C)O2. The molecule has 4 N–H and O–H groups in total. The highest BCUT2D eigenvalue weighted by Crippen LogP contribution is 2.43. The average molecular weight is 387 g/mol. The molecule has 0 bridgehead atoms. The summed E-state index contributed by atoms with van der Waals surface area (Å²) in [7, 11) is 1.98. The third-order valence-electron chi connectivity index (χ3n) is 6.43. The van der Waals surface area contributed by atoms with Crippen molar-refractivity contribution in [1.29, 1.82) is 0 Å². The molecule has 0 amide bonds. The number of rotatable bonds is 0. The van der Waals surface area contributed by atoms with Crippen LogP contribution in [0.2, 0.25) is 0 Å². The first kappa shape index (κ1) is 18.2. The van der Waals surface area contributed by atoms with E-state index < -0.39 is 11.6 Å². The van der Waals surface area contributed by atoms with E-state index >= 15 is 0 Å². The largest absolute Gasteiger partial charge is 0.486 e. The summed E-state index contributed by atoms with van der Waals surface area (Å²) in [6, 6.07) is 13.2. The number of aryl methyl sites for hydroxylation is 2. The summed E-state index contributed by atoms with van der Waals surface area (Å²) in [5.74, 6) is 0.712. The van der Waals surface area contributed by atoms with Crippen LogP contribution in [0.3, 0.4) is 0 Å². The van der Waals surface area contributed by atoms with Gasteiger partial charge in [0.15, 0.2) is 5.43 Å². The molecule has 5 heteroatoms. The molecule has 0 fully saturated rings. The highest BCUT2D eigenvalue weighted by molar-refractivity contribution is 6.03. The Morgan fingerprint density at radius 3 is 2.41 bits per heavy atom. The van der Waals surface area contributed by atoms with E-state index in [2.05, 4.69) is 16.7 Å². The minimum absolute atomic E-state index is 0.0183. The highest BCUT2D eigenvalue weighted by atomic mass is 16.5. The van der Waals surface area contributed by atoms with E-state index in [9.17, 15) is 4.79 Å². The van der Waals surface area contributed by atoms with Gasteiger partial charge in [-0.15, -0.1) is 0 Å². The van der Waals surface area contributed by atoms with E-state index in [1.807, 2.05) is 58.2 Å². The highest BCUT2D eigenvalue weighted by Gasteiger charge is 2.41. The first-order chi connectivity index (χ1) is 13.7. The molecule has 0 aliphatic carbocycles. The number of nitrogens with two attached hydrogens (primary N) is 2. The van der Waals surface area contributed by atoms with E-state index in [1.54, 1.807) is 0 Å². The summed E-state index contributed by atoms with van der Waals surface area (Å²) in [5, 5.41) is 3.53. The Morgan fingerprint density at radius 1 is 1.07 bits per heavy atom. The molecular formula is C24H25N3O2. The van der Waals surface area contributed by atoms with Crippen LogP contribution in [-0.4, -0.2) is 16.2 Å². The van der Waals surface area contributed by atoms with Crippen molar-refractivity contribution in [3.05, 3.63) is 63.8 Å². The van der Waals surface area contributed by atoms with Crippen molar-refractivity contribution in [3.63, 3.8) is 0 Å². The summed E-state index contributed by atoms with van der Waals surface area (Å²) in [6.07, 6.45) is 0. The fourth-order valence-electron chi connectivity index (χ4n) is 4.73. The molecule has 148 valence electrons. The van der Waals surface area contributed by atoms with E-state index in [-0.39, 0.29) is 11.5 Å². The normalized spacial score (nSPS) is 20.8. The Hall–Kier alpha value is -2.89. The Kier molecular flexibility index (Phi) is 3.64. The van der Waals surface area contributed by atoms with E-state index in [0.717, 1.165) is 32.9 Å². The van der Waals surface area contributed by atoms with Crippen LogP contribution in [0.5, 0.6) is 5.75 Å². The van der Waals surface area contributed by atoms with Crippen molar-refractivity contribution in [3.8, 4) is 5.75 Å². The summed E-state index contributed by atoms with van der Waals surface area (Å²) in [6.45, 7) is 5.85. The predicted octanol–water partition coefficient (Wildman–Crippen LogP) is 3.65. The first-order valence-corrected chi connectivity index (χ1v) is 9.89. The molecule has 0 radical (unpaired) electrons. The Morgan fingerprint density at radius 2 is 1.72 bits per heavy atom. The Balaban J connectivity index is 2.00. The number of hydrogen-bond donors (Lipinski definition) is 2. The van der Waals surface area contributed by atoms with Gasteiger partial charge in [-0.1, -0.05) is 24.3 Å².